The number of carbonyl (C=O) groups excluding carboxylic acids is 3. The van der Waals surface area contributed by atoms with Crippen LogP contribution in [0.1, 0.15) is 32.7 Å². The van der Waals surface area contributed by atoms with Crippen LogP contribution >= 0.6 is 0 Å². The lowest BCUT2D eigenvalue weighted by atomic mass is 10.1. The molecule has 2 aromatic carbocycles. The maximum Gasteiger partial charge on any atom is 0.306 e. The summed E-state index contributed by atoms with van der Waals surface area (Å²) in [5.41, 5.74) is 1.44. The van der Waals surface area contributed by atoms with Crippen molar-refractivity contribution in [3.05, 3.63) is 71.0 Å². The van der Waals surface area contributed by atoms with Crippen LogP contribution in [0, 0.1) is 5.82 Å². The third kappa shape index (κ3) is 3.74. The van der Waals surface area contributed by atoms with E-state index < -0.39 is 5.97 Å². The molecule has 3 rings (SSSR count). The standard InChI is InChI=1S/C19H16FNO4/c20-14-5-3-4-13(12-14)8-9-17(22)25-11-10-21-18(23)15-6-1-2-7-16(15)19(21)24/h1-7,12H,8-11H2. The van der Waals surface area contributed by atoms with Gasteiger partial charge in [-0.25, -0.2) is 4.39 Å². The van der Waals surface area contributed by atoms with Crippen LogP contribution in [0.2, 0.25) is 0 Å². The lowest BCUT2D eigenvalue weighted by Gasteiger charge is -2.13. The van der Waals surface area contributed by atoms with Gasteiger partial charge in [-0.05, 0) is 36.2 Å². The van der Waals surface area contributed by atoms with Crippen molar-refractivity contribution >= 4 is 17.8 Å². The maximum atomic E-state index is 13.1. The summed E-state index contributed by atoms with van der Waals surface area (Å²) >= 11 is 0. The maximum absolute atomic E-state index is 13.1. The van der Waals surface area contributed by atoms with E-state index in [4.69, 9.17) is 4.74 Å². The number of halogens is 1. The van der Waals surface area contributed by atoms with Crippen LogP contribution in [0.3, 0.4) is 0 Å². The zero-order valence-electron chi connectivity index (χ0n) is 13.4. The number of carbonyl (C=O) groups is 3. The zero-order valence-corrected chi connectivity index (χ0v) is 13.4. The Morgan fingerprint density at radius 1 is 1.00 bits per heavy atom. The van der Waals surface area contributed by atoms with Crippen molar-refractivity contribution in [2.75, 3.05) is 13.2 Å². The first-order chi connectivity index (χ1) is 12.1. The van der Waals surface area contributed by atoms with E-state index in [1.807, 2.05) is 0 Å². The van der Waals surface area contributed by atoms with Gasteiger partial charge in [0.05, 0.1) is 17.7 Å². The Labute approximate surface area is 144 Å². The zero-order chi connectivity index (χ0) is 17.8. The molecule has 0 saturated carbocycles. The van der Waals surface area contributed by atoms with E-state index in [1.54, 1.807) is 36.4 Å². The molecule has 1 aliphatic heterocycles. The Kier molecular flexibility index (Phi) is 4.88. The summed E-state index contributed by atoms with van der Waals surface area (Å²) in [7, 11) is 0. The average molecular weight is 341 g/mol. The Balaban J connectivity index is 1.46. The molecule has 1 heterocycles. The molecule has 2 amide bonds. The van der Waals surface area contributed by atoms with Crippen LogP contribution in [0.4, 0.5) is 4.39 Å². The van der Waals surface area contributed by atoms with E-state index in [0.717, 1.165) is 4.90 Å². The summed E-state index contributed by atoms with van der Waals surface area (Å²) < 4.78 is 18.1. The summed E-state index contributed by atoms with van der Waals surface area (Å²) in [5, 5.41) is 0. The first-order valence-corrected chi connectivity index (χ1v) is 7.91. The molecule has 0 unspecified atom stereocenters. The smallest absolute Gasteiger partial charge is 0.306 e. The van der Waals surface area contributed by atoms with Crippen molar-refractivity contribution in [2.24, 2.45) is 0 Å². The SMILES string of the molecule is O=C(CCc1cccc(F)c1)OCCN1C(=O)c2ccccc2C1=O. The number of ether oxygens (including phenoxy) is 1. The number of hydrogen-bond acceptors (Lipinski definition) is 4. The van der Waals surface area contributed by atoms with E-state index in [9.17, 15) is 18.8 Å². The molecule has 0 atom stereocenters. The molecule has 2 aromatic rings. The molecule has 6 heteroatoms. The lowest BCUT2D eigenvalue weighted by Crippen LogP contribution is -2.33. The second kappa shape index (κ2) is 7.25. The molecule has 1 aliphatic rings. The van der Waals surface area contributed by atoms with Crippen LogP contribution < -0.4 is 0 Å². The van der Waals surface area contributed by atoms with Gasteiger partial charge >= 0.3 is 5.97 Å². The number of amides is 2. The third-order valence-electron chi connectivity index (χ3n) is 3.96. The minimum atomic E-state index is -0.458. The van der Waals surface area contributed by atoms with Gasteiger partial charge in [0.1, 0.15) is 12.4 Å². The number of imide groups is 1. The fourth-order valence-corrected chi connectivity index (χ4v) is 2.70. The molecule has 0 bridgehead atoms. The average Bonchev–Trinajstić information content (AvgIpc) is 2.85. The molecule has 0 fully saturated rings. The van der Waals surface area contributed by atoms with Gasteiger partial charge in [0, 0.05) is 6.42 Å². The minimum absolute atomic E-state index is 0.0120. The van der Waals surface area contributed by atoms with Gasteiger partial charge in [-0.15, -0.1) is 0 Å². The number of nitrogens with zero attached hydrogens (tertiary/aromatic N) is 1. The van der Waals surface area contributed by atoms with Crippen molar-refractivity contribution < 1.29 is 23.5 Å². The van der Waals surface area contributed by atoms with Gasteiger partial charge in [-0.2, -0.15) is 0 Å². The van der Waals surface area contributed by atoms with E-state index in [2.05, 4.69) is 0 Å². The number of benzene rings is 2. The highest BCUT2D eigenvalue weighted by molar-refractivity contribution is 6.21. The quantitative estimate of drug-likeness (QED) is 0.598. The number of esters is 1. The third-order valence-corrected chi connectivity index (χ3v) is 3.96. The molecule has 0 spiro atoms. The lowest BCUT2D eigenvalue weighted by molar-refractivity contribution is -0.143. The second-order valence-corrected chi connectivity index (χ2v) is 5.66. The van der Waals surface area contributed by atoms with Crippen LogP contribution in [-0.2, 0) is 16.0 Å². The van der Waals surface area contributed by atoms with Crippen LogP contribution in [0.15, 0.2) is 48.5 Å². The summed E-state index contributed by atoms with van der Waals surface area (Å²) in [6.07, 6.45) is 0.467. The Morgan fingerprint density at radius 3 is 2.32 bits per heavy atom. The summed E-state index contributed by atoms with van der Waals surface area (Å²) in [6.45, 7) is -0.0501. The first-order valence-electron chi connectivity index (χ1n) is 7.91. The molecule has 0 aromatic heterocycles. The Hall–Kier alpha value is -3.02. The predicted molar refractivity (Wildman–Crippen MR) is 87.5 cm³/mol. The largest absolute Gasteiger partial charge is 0.464 e. The molecule has 0 radical (unpaired) electrons. The second-order valence-electron chi connectivity index (χ2n) is 5.66. The molecule has 25 heavy (non-hydrogen) atoms. The number of aryl methyl sites for hydroxylation is 1. The van der Waals surface area contributed by atoms with Crippen LogP contribution in [0.5, 0.6) is 0 Å². The van der Waals surface area contributed by atoms with E-state index in [-0.39, 0.29) is 37.2 Å². The molecular formula is C19H16FNO4. The highest BCUT2D eigenvalue weighted by Gasteiger charge is 2.34. The fraction of sp³-hybridized carbons (Fsp3) is 0.211. The number of fused-ring (bicyclic) bond motifs is 1. The van der Waals surface area contributed by atoms with Crippen molar-refractivity contribution in [3.8, 4) is 0 Å². The van der Waals surface area contributed by atoms with Crippen LogP contribution in [-0.4, -0.2) is 35.8 Å². The predicted octanol–water partition coefficient (Wildman–Crippen LogP) is 2.60. The monoisotopic (exact) mass is 341 g/mol. The molecule has 128 valence electrons. The highest BCUT2D eigenvalue weighted by Crippen LogP contribution is 2.21. The molecule has 5 nitrogen and oxygen atoms in total. The van der Waals surface area contributed by atoms with Gasteiger partial charge in [0.15, 0.2) is 0 Å². The molecular weight excluding hydrogens is 325 g/mol. The van der Waals surface area contributed by atoms with Crippen molar-refractivity contribution in [3.63, 3.8) is 0 Å². The number of hydrogen-bond donors (Lipinski definition) is 0. The minimum Gasteiger partial charge on any atom is -0.464 e. The van der Waals surface area contributed by atoms with Crippen molar-refractivity contribution in [1.82, 2.24) is 4.90 Å². The highest BCUT2D eigenvalue weighted by atomic mass is 19.1. The Bertz CT molecular complexity index is 799. The molecule has 0 saturated heterocycles. The first kappa shape index (κ1) is 16.8. The van der Waals surface area contributed by atoms with E-state index >= 15 is 0 Å². The molecule has 0 aliphatic carbocycles. The van der Waals surface area contributed by atoms with E-state index in [1.165, 1.54) is 12.1 Å². The molecule has 0 N–H and O–H groups in total. The van der Waals surface area contributed by atoms with Gasteiger partial charge in [-0.1, -0.05) is 24.3 Å². The van der Waals surface area contributed by atoms with Gasteiger partial charge in [-0.3, -0.25) is 19.3 Å². The normalized spacial score (nSPS) is 13.1. The van der Waals surface area contributed by atoms with Gasteiger partial charge < -0.3 is 4.74 Å². The van der Waals surface area contributed by atoms with Crippen molar-refractivity contribution in [1.29, 1.82) is 0 Å². The summed E-state index contributed by atoms with van der Waals surface area (Å²) in [4.78, 5) is 37.1. The summed E-state index contributed by atoms with van der Waals surface area (Å²) in [6, 6.07) is 12.6. The van der Waals surface area contributed by atoms with Gasteiger partial charge in [0.25, 0.3) is 11.8 Å². The fourth-order valence-electron chi connectivity index (χ4n) is 2.70. The topological polar surface area (TPSA) is 63.7 Å². The van der Waals surface area contributed by atoms with Crippen molar-refractivity contribution in [2.45, 2.75) is 12.8 Å². The van der Waals surface area contributed by atoms with Gasteiger partial charge in [0.2, 0.25) is 0 Å². The van der Waals surface area contributed by atoms with E-state index in [0.29, 0.717) is 23.1 Å². The number of rotatable bonds is 6. The van der Waals surface area contributed by atoms with Crippen LogP contribution in [0.25, 0.3) is 0 Å². The summed E-state index contributed by atoms with van der Waals surface area (Å²) in [5.74, 6) is -1.56. The Morgan fingerprint density at radius 2 is 1.68 bits per heavy atom.